The largest absolute Gasteiger partial charge is 0.367 e. The van der Waals surface area contributed by atoms with Crippen molar-refractivity contribution in [1.29, 1.82) is 0 Å². The van der Waals surface area contributed by atoms with Crippen molar-refractivity contribution in [2.75, 3.05) is 18.9 Å². The Morgan fingerprint density at radius 3 is 2.71 bits per heavy atom. The van der Waals surface area contributed by atoms with Crippen LogP contribution in [0.5, 0.6) is 0 Å². The van der Waals surface area contributed by atoms with Crippen molar-refractivity contribution in [1.82, 2.24) is 19.7 Å². The topological polar surface area (TPSA) is 114 Å². The van der Waals surface area contributed by atoms with Crippen LogP contribution in [0.3, 0.4) is 0 Å². The normalized spacial score (nSPS) is 13.4. The molecule has 0 spiro atoms. The van der Waals surface area contributed by atoms with E-state index in [-0.39, 0.29) is 11.8 Å². The highest BCUT2D eigenvalue weighted by atomic mass is 16.1. The number of unbranched alkanes of at least 4 members (excludes halogenated alkanes) is 1. The number of nitrogens with one attached hydrogen (secondary N) is 2. The molecule has 1 aliphatic rings. The van der Waals surface area contributed by atoms with E-state index in [1.165, 1.54) is 0 Å². The van der Waals surface area contributed by atoms with Gasteiger partial charge in [-0.2, -0.15) is 0 Å². The predicted molar refractivity (Wildman–Crippen MR) is 134 cm³/mol. The number of imidazole rings is 1. The minimum atomic E-state index is -0.380. The number of amides is 2. The highest BCUT2D eigenvalue weighted by Gasteiger charge is 2.28. The lowest BCUT2D eigenvalue weighted by Gasteiger charge is -2.13. The van der Waals surface area contributed by atoms with Crippen LogP contribution in [-0.4, -0.2) is 39.8 Å². The molecule has 0 saturated heterocycles. The fourth-order valence-electron chi connectivity index (χ4n) is 4.19. The molecule has 1 saturated carbocycles. The maximum absolute atomic E-state index is 11.9. The number of hydrogen-bond acceptors (Lipinski definition) is 5. The lowest BCUT2D eigenvalue weighted by Crippen LogP contribution is -2.17. The van der Waals surface area contributed by atoms with Crippen molar-refractivity contribution in [2.45, 2.75) is 58.3 Å². The van der Waals surface area contributed by atoms with Gasteiger partial charge in [0.15, 0.2) is 11.5 Å². The number of primary amides is 1. The first kappa shape index (κ1) is 23.7. The zero-order valence-electron chi connectivity index (χ0n) is 20.2. The monoisotopic (exact) mass is 462 g/mol. The molecule has 4 rings (SSSR count). The standard InChI is InChI=1S/C26H34N6O2/c1-16(2)13-29-25-26-30-14-22(18-10-11-20(24(27)34)21(12-18)17-8-9-17)32(26)15-19(31-25)6-4-5-7-23(33)28-3/h10-12,14-17H,4-9,13H2,1-3H3,(H2,27,34)(H,28,33)(H,29,31). The van der Waals surface area contributed by atoms with Crippen LogP contribution in [0.25, 0.3) is 16.9 Å². The second-order valence-electron chi connectivity index (χ2n) is 9.51. The smallest absolute Gasteiger partial charge is 0.248 e. The average molecular weight is 463 g/mol. The third-order valence-electron chi connectivity index (χ3n) is 6.22. The summed E-state index contributed by atoms with van der Waals surface area (Å²) in [5, 5.41) is 6.12. The number of hydrogen-bond donors (Lipinski definition) is 3. The molecule has 0 aliphatic heterocycles. The second-order valence-corrected chi connectivity index (χ2v) is 9.51. The summed E-state index contributed by atoms with van der Waals surface area (Å²) in [6, 6.07) is 5.87. The molecule has 4 N–H and O–H groups in total. The van der Waals surface area contributed by atoms with E-state index in [1.54, 1.807) is 7.05 Å². The molecule has 1 aliphatic carbocycles. The summed E-state index contributed by atoms with van der Waals surface area (Å²) in [5.41, 5.74) is 10.9. The molecule has 0 radical (unpaired) electrons. The van der Waals surface area contributed by atoms with Gasteiger partial charge in [-0.3, -0.25) is 14.0 Å². The van der Waals surface area contributed by atoms with Gasteiger partial charge >= 0.3 is 0 Å². The summed E-state index contributed by atoms with van der Waals surface area (Å²) in [6.45, 7) is 5.11. The number of nitrogens with two attached hydrogens (primary N) is 1. The molecule has 1 aromatic carbocycles. The van der Waals surface area contributed by atoms with Gasteiger partial charge in [0.05, 0.1) is 17.6 Å². The predicted octanol–water partition coefficient (Wildman–Crippen LogP) is 3.90. The molecule has 0 unspecified atom stereocenters. The number of carbonyl (C=O) groups is 2. The Balaban J connectivity index is 1.69. The van der Waals surface area contributed by atoms with Gasteiger partial charge in [0.2, 0.25) is 11.8 Å². The Morgan fingerprint density at radius 1 is 1.24 bits per heavy atom. The van der Waals surface area contributed by atoms with E-state index >= 15 is 0 Å². The first-order valence-electron chi connectivity index (χ1n) is 12.1. The van der Waals surface area contributed by atoms with E-state index in [4.69, 9.17) is 10.7 Å². The number of carbonyl (C=O) groups excluding carboxylic acids is 2. The van der Waals surface area contributed by atoms with Crippen LogP contribution in [0.4, 0.5) is 5.82 Å². The summed E-state index contributed by atoms with van der Waals surface area (Å²) in [5.74, 6) is 1.32. The Bertz CT molecular complexity index is 1200. The third-order valence-corrected chi connectivity index (χ3v) is 6.22. The molecule has 1 fully saturated rings. The molecule has 0 atom stereocenters. The number of rotatable bonds is 11. The van der Waals surface area contributed by atoms with Gasteiger partial charge in [-0.1, -0.05) is 19.9 Å². The summed E-state index contributed by atoms with van der Waals surface area (Å²) >= 11 is 0. The minimum absolute atomic E-state index is 0.0606. The van der Waals surface area contributed by atoms with E-state index in [0.717, 1.165) is 72.6 Å². The molecular formula is C26H34N6O2. The molecule has 2 aromatic heterocycles. The zero-order valence-corrected chi connectivity index (χ0v) is 20.2. The van der Waals surface area contributed by atoms with Crippen molar-refractivity contribution in [3.8, 4) is 11.3 Å². The first-order chi connectivity index (χ1) is 16.4. The first-order valence-corrected chi connectivity index (χ1v) is 12.1. The Labute approximate surface area is 200 Å². The quantitative estimate of drug-likeness (QED) is 0.374. The lowest BCUT2D eigenvalue weighted by molar-refractivity contribution is -0.120. The van der Waals surface area contributed by atoms with Gasteiger partial charge in [-0.25, -0.2) is 9.97 Å². The van der Waals surface area contributed by atoms with Crippen molar-refractivity contribution in [3.63, 3.8) is 0 Å². The third kappa shape index (κ3) is 5.38. The molecule has 2 amide bonds. The zero-order chi connectivity index (χ0) is 24.2. The molecule has 8 nitrogen and oxygen atoms in total. The van der Waals surface area contributed by atoms with E-state index in [0.29, 0.717) is 23.8 Å². The molecular weight excluding hydrogens is 428 g/mol. The fraction of sp³-hybridized carbons (Fsp3) is 0.462. The van der Waals surface area contributed by atoms with Crippen LogP contribution in [0, 0.1) is 5.92 Å². The second kappa shape index (κ2) is 10.2. The SMILES string of the molecule is CNC(=O)CCCCc1cn2c(-c3ccc(C(N)=O)c(C4CC4)c3)cnc2c(NCC(C)C)n1. The van der Waals surface area contributed by atoms with Gasteiger partial charge in [0, 0.05) is 37.3 Å². The van der Waals surface area contributed by atoms with Gasteiger partial charge in [-0.05, 0) is 61.6 Å². The van der Waals surface area contributed by atoms with Crippen LogP contribution < -0.4 is 16.4 Å². The van der Waals surface area contributed by atoms with Crippen molar-refractivity contribution in [2.24, 2.45) is 11.7 Å². The number of benzene rings is 1. The van der Waals surface area contributed by atoms with Crippen LogP contribution in [0.1, 0.15) is 73.5 Å². The maximum atomic E-state index is 11.9. The summed E-state index contributed by atoms with van der Waals surface area (Å²) in [4.78, 5) is 33.0. The molecule has 2 heterocycles. The Hall–Kier alpha value is -3.42. The van der Waals surface area contributed by atoms with Crippen LogP contribution in [0.2, 0.25) is 0 Å². The van der Waals surface area contributed by atoms with Gasteiger partial charge in [0.1, 0.15) is 0 Å². The summed E-state index contributed by atoms with van der Waals surface area (Å²) in [7, 11) is 1.66. The van der Waals surface area contributed by atoms with Gasteiger partial charge in [-0.15, -0.1) is 0 Å². The van der Waals surface area contributed by atoms with E-state index < -0.39 is 0 Å². The van der Waals surface area contributed by atoms with Gasteiger partial charge in [0.25, 0.3) is 0 Å². The number of anilines is 1. The summed E-state index contributed by atoms with van der Waals surface area (Å²) in [6.07, 6.45) is 9.05. The molecule has 0 bridgehead atoms. The fourth-order valence-corrected chi connectivity index (χ4v) is 4.19. The number of nitrogens with zero attached hydrogens (tertiary/aromatic N) is 3. The van der Waals surface area contributed by atoms with Crippen molar-refractivity contribution in [3.05, 3.63) is 47.4 Å². The molecule has 3 aromatic rings. The number of aryl methyl sites for hydroxylation is 1. The van der Waals surface area contributed by atoms with Gasteiger partial charge < -0.3 is 16.4 Å². The Kier molecular flexibility index (Phi) is 7.14. The van der Waals surface area contributed by atoms with E-state index in [2.05, 4.69) is 39.9 Å². The molecule has 8 heteroatoms. The van der Waals surface area contributed by atoms with Crippen molar-refractivity contribution < 1.29 is 9.59 Å². The minimum Gasteiger partial charge on any atom is -0.367 e. The summed E-state index contributed by atoms with van der Waals surface area (Å²) < 4.78 is 2.08. The molecule has 34 heavy (non-hydrogen) atoms. The maximum Gasteiger partial charge on any atom is 0.248 e. The molecule has 180 valence electrons. The average Bonchev–Trinajstić information content (AvgIpc) is 3.58. The van der Waals surface area contributed by atoms with E-state index in [9.17, 15) is 9.59 Å². The highest BCUT2D eigenvalue weighted by Crippen LogP contribution is 2.43. The number of aromatic nitrogens is 3. The van der Waals surface area contributed by atoms with Crippen molar-refractivity contribution >= 4 is 23.3 Å². The van der Waals surface area contributed by atoms with Crippen LogP contribution in [0.15, 0.2) is 30.6 Å². The van der Waals surface area contributed by atoms with Crippen LogP contribution in [-0.2, 0) is 11.2 Å². The van der Waals surface area contributed by atoms with Crippen LogP contribution >= 0.6 is 0 Å². The number of fused-ring (bicyclic) bond motifs is 1. The Morgan fingerprint density at radius 2 is 2.03 bits per heavy atom. The lowest BCUT2D eigenvalue weighted by atomic mass is 9.98. The van der Waals surface area contributed by atoms with E-state index in [1.807, 2.05) is 24.5 Å². The highest BCUT2D eigenvalue weighted by molar-refractivity contribution is 5.95.